The fraction of sp³-hybridized carbons (Fsp3) is 0.455. The van der Waals surface area contributed by atoms with Gasteiger partial charge in [0, 0.05) is 25.5 Å². The molecule has 6 nitrogen and oxygen atoms in total. The lowest BCUT2D eigenvalue weighted by atomic mass is 10.3. The highest BCUT2D eigenvalue weighted by Gasteiger charge is 2.13. The standard InChI is InChI=1S/C11H15N5O/c1-8(2)15-10(17)7-16(3)11-9(6-12)13-4-5-14-11/h4-5,8H,7H2,1-3H3,(H,15,17). The van der Waals surface area contributed by atoms with Gasteiger partial charge in [-0.3, -0.25) is 4.79 Å². The van der Waals surface area contributed by atoms with Crippen LogP contribution in [0.1, 0.15) is 19.5 Å². The lowest BCUT2D eigenvalue weighted by molar-refractivity contribution is -0.120. The smallest absolute Gasteiger partial charge is 0.239 e. The summed E-state index contributed by atoms with van der Waals surface area (Å²) in [5, 5.41) is 11.6. The van der Waals surface area contributed by atoms with E-state index in [0.717, 1.165) is 0 Å². The van der Waals surface area contributed by atoms with Crippen molar-refractivity contribution in [2.45, 2.75) is 19.9 Å². The van der Waals surface area contributed by atoms with Gasteiger partial charge in [0.2, 0.25) is 5.91 Å². The molecule has 0 aliphatic rings. The quantitative estimate of drug-likeness (QED) is 0.809. The summed E-state index contributed by atoms with van der Waals surface area (Å²) in [6.07, 6.45) is 2.94. The van der Waals surface area contributed by atoms with E-state index in [1.54, 1.807) is 11.9 Å². The van der Waals surface area contributed by atoms with Crippen LogP contribution in [0.2, 0.25) is 0 Å². The van der Waals surface area contributed by atoms with Gasteiger partial charge in [-0.1, -0.05) is 0 Å². The third-order valence-electron chi connectivity index (χ3n) is 1.98. The first-order chi connectivity index (χ1) is 8.04. The molecule has 0 saturated carbocycles. The van der Waals surface area contributed by atoms with E-state index < -0.39 is 0 Å². The first-order valence-electron chi connectivity index (χ1n) is 5.26. The molecule has 1 N–H and O–H groups in total. The maximum Gasteiger partial charge on any atom is 0.239 e. The number of likely N-dealkylation sites (N-methyl/N-ethyl adjacent to an activating group) is 1. The predicted molar refractivity (Wildman–Crippen MR) is 63.3 cm³/mol. The Bertz CT molecular complexity index is 438. The Morgan fingerprint density at radius 2 is 2.18 bits per heavy atom. The Hall–Kier alpha value is -2.16. The number of hydrogen-bond acceptors (Lipinski definition) is 5. The maximum atomic E-state index is 11.6. The van der Waals surface area contributed by atoms with Crippen LogP contribution < -0.4 is 10.2 Å². The Kier molecular flexibility index (Phi) is 4.40. The molecule has 17 heavy (non-hydrogen) atoms. The van der Waals surface area contributed by atoms with Crippen molar-refractivity contribution in [3.63, 3.8) is 0 Å². The second-order valence-electron chi connectivity index (χ2n) is 3.92. The number of rotatable bonds is 4. The maximum absolute atomic E-state index is 11.6. The molecule has 1 heterocycles. The van der Waals surface area contributed by atoms with Gasteiger partial charge in [0.15, 0.2) is 11.5 Å². The second kappa shape index (κ2) is 5.80. The zero-order valence-electron chi connectivity index (χ0n) is 10.1. The van der Waals surface area contributed by atoms with Crippen LogP contribution in [0.5, 0.6) is 0 Å². The van der Waals surface area contributed by atoms with Crippen LogP contribution >= 0.6 is 0 Å². The number of nitrogens with zero attached hydrogens (tertiary/aromatic N) is 4. The van der Waals surface area contributed by atoms with E-state index in [-0.39, 0.29) is 24.2 Å². The molecule has 1 rings (SSSR count). The predicted octanol–water partition coefficient (Wildman–Crippen LogP) is 0.309. The van der Waals surface area contributed by atoms with Gasteiger partial charge in [-0.2, -0.15) is 5.26 Å². The van der Waals surface area contributed by atoms with Crippen LogP contribution in [0.4, 0.5) is 5.82 Å². The SMILES string of the molecule is CC(C)NC(=O)CN(C)c1nccnc1C#N. The molecule has 0 unspecified atom stereocenters. The van der Waals surface area contributed by atoms with Gasteiger partial charge >= 0.3 is 0 Å². The van der Waals surface area contributed by atoms with Crippen LogP contribution in [0.3, 0.4) is 0 Å². The largest absolute Gasteiger partial charge is 0.352 e. The molecular weight excluding hydrogens is 218 g/mol. The third-order valence-corrected chi connectivity index (χ3v) is 1.98. The van der Waals surface area contributed by atoms with Crippen molar-refractivity contribution in [1.29, 1.82) is 5.26 Å². The van der Waals surface area contributed by atoms with Crippen LogP contribution in [0, 0.1) is 11.3 Å². The first-order valence-corrected chi connectivity index (χ1v) is 5.26. The number of carbonyl (C=O) groups excluding carboxylic acids is 1. The van der Waals surface area contributed by atoms with E-state index in [2.05, 4.69) is 15.3 Å². The van der Waals surface area contributed by atoms with Crippen molar-refractivity contribution >= 4 is 11.7 Å². The summed E-state index contributed by atoms with van der Waals surface area (Å²) in [4.78, 5) is 21.1. The number of amides is 1. The van der Waals surface area contributed by atoms with E-state index in [1.807, 2.05) is 19.9 Å². The van der Waals surface area contributed by atoms with Crippen molar-refractivity contribution in [2.75, 3.05) is 18.5 Å². The van der Waals surface area contributed by atoms with Crippen molar-refractivity contribution in [3.05, 3.63) is 18.1 Å². The summed E-state index contributed by atoms with van der Waals surface area (Å²) < 4.78 is 0. The lowest BCUT2D eigenvalue weighted by Crippen LogP contribution is -2.39. The molecule has 1 aromatic heterocycles. The van der Waals surface area contributed by atoms with Gasteiger partial charge in [0.1, 0.15) is 6.07 Å². The zero-order chi connectivity index (χ0) is 12.8. The Morgan fingerprint density at radius 3 is 2.76 bits per heavy atom. The molecule has 1 aromatic rings. The van der Waals surface area contributed by atoms with E-state index >= 15 is 0 Å². The molecule has 0 aliphatic carbocycles. The highest BCUT2D eigenvalue weighted by molar-refractivity contribution is 5.81. The van der Waals surface area contributed by atoms with Gasteiger partial charge in [0.25, 0.3) is 0 Å². The molecule has 0 aliphatic heterocycles. The summed E-state index contributed by atoms with van der Waals surface area (Å²) >= 11 is 0. The average Bonchev–Trinajstić information content (AvgIpc) is 2.27. The summed E-state index contributed by atoms with van der Waals surface area (Å²) in [7, 11) is 1.70. The van der Waals surface area contributed by atoms with Gasteiger partial charge in [-0.25, -0.2) is 9.97 Å². The van der Waals surface area contributed by atoms with Crippen LogP contribution in [0.25, 0.3) is 0 Å². The van der Waals surface area contributed by atoms with Crippen molar-refractivity contribution < 1.29 is 4.79 Å². The van der Waals surface area contributed by atoms with Crippen molar-refractivity contribution in [2.24, 2.45) is 0 Å². The highest BCUT2D eigenvalue weighted by atomic mass is 16.2. The van der Waals surface area contributed by atoms with E-state index in [4.69, 9.17) is 5.26 Å². The topological polar surface area (TPSA) is 81.9 Å². The van der Waals surface area contributed by atoms with Crippen LogP contribution in [-0.2, 0) is 4.79 Å². The number of anilines is 1. The molecular formula is C11H15N5O. The molecule has 90 valence electrons. The lowest BCUT2D eigenvalue weighted by Gasteiger charge is -2.18. The van der Waals surface area contributed by atoms with E-state index in [1.165, 1.54) is 12.4 Å². The summed E-state index contributed by atoms with van der Waals surface area (Å²) in [5.74, 6) is 0.297. The minimum absolute atomic E-state index is 0.0909. The molecule has 0 radical (unpaired) electrons. The van der Waals surface area contributed by atoms with Crippen molar-refractivity contribution in [3.8, 4) is 6.07 Å². The molecule has 0 fully saturated rings. The summed E-state index contributed by atoms with van der Waals surface area (Å²) in [6, 6.07) is 2.03. The summed E-state index contributed by atoms with van der Waals surface area (Å²) in [5.41, 5.74) is 0.215. The van der Waals surface area contributed by atoms with Crippen molar-refractivity contribution in [1.82, 2.24) is 15.3 Å². The molecule has 0 spiro atoms. The third kappa shape index (κ3) is 3.72. The van der Waals surface area contributed by atoms with Crippen LogP contribution in [-0.4, -0.2) is 35.5 Å². The minimum Gasteiger partial charge on any atom is -0.352 e. The van der Waals surface area contributed by atoms with Gasteiger partial charge in [-0.15, -0.1) is 0 Å². The molecule has 0 saturated heterocycles. The van der Waals surface area contributed by atoms with Gasteiger partial charge < -0.3 is 10.2 Å². The molecule has 0 aromatic carbocycles. The Balaban J connectivity index is 2.73. The number of carbonyl (C=O) groups is 1. The van der Waals surface area contributed by atoms with Gasteiger partial charge in [-0.05, 0) is 13.8 Å². The fourth-order valence-corrected chi connectivity index (χ4v) is 1.35. The fourth-order valence-electron chi connectivity index (χ4n) is 1.35. The number of nitriles is 1. The summed E-state index contributed by atoms with van der Waals surface area (Å²) in [6.45, 7) is 3.92. The van der Waals surface area contributed by atoms with Gasteiger partial charge in [0.05, 0.1) is 6.54 Å². The molecule has 0 atom stereocenters. The van der Waals surface area contributed by atoms with E-state index in [0.29, 0.717) is 5.82 Å². The first kappa shape index (κ1) is 12.9. The zero-order valence-corrected chi connectivity index (χ0v) is 10.1. The number of nitrogens with one attached hydrogen (secondary N) is 1. The molecule has 1 amide bonds. The normalized spacial score (nSPS) is 9.82. The highest BCUT2D eigenvalue weighted by Crippen LogP contribution is 2.11. The minimum atomic E-state index is -0.114. The van der Waals surface area contributed by atoms with E-state index in [9.17, 15) is 4.79 Å². The monoisotopic (exact) mass is 233 g/mol. The Morgan fingerprint density at radius 1 is 1.53 bits per heavy atom. The second-order valence-corrected chi connectivity index (χ2v) is 3.92. The molecule has 6 heteroatoms. The molecule has 0 bridgehead atoms. The Labute approximate surface area is 100 Å². The average molecular weight is 233 g/mol. The number of hydrogen-bond donors (Lipinski definition) is 1. The number of aromatic nitrogens is 2. The van der Waals surface area contributed by atoms with Crippen LogP contribution in [0.15, 0.2) is 12.4 Å².